The number of piperazine rings is 1. The van der Waals surface area contributed by atoms with Crippen molar-refractivity contribution in [1.29, 1.82) is 0 Å². The van der Waals surface area contributed by atoms with Gasteiger partial charge in [0, 0.05) is 57.8 Å². The van der Waals surface area contributed by atoms with Crippen molar-refractivity contribution in [2.24, 2.45) is 5.92 Å². The maximum atomic E-state index is 13.0. The number of fused-ring (bicyclic) bond motifs is 1. The molecule has 4 heterocycles. The monoisotopic (exact) mass is 439 g/mol. The first-order chi connectivity index (χ1) is 15.6. The first-order valence-electron chi connectivity index (χ1n) is 12.0. The lowest BCUT2D eigenvalue weighted by Gasteiger charge is -2.37. The third kappa shape index (κ3) is 4.44. The van der Waals surface area contributed by atoms with Crippen molar-refractivity contribution in [1.82, 2.24) is 25.3 Å². The second-order valence-electron chi connectivity index (χ2n) is 9.61. The summed E-state index contributed by atoms with van der Waals surface area (Å²) in [6.07, 6.45) is 3.26. The van der Waals surface area contributed by atoms with Crippen molar-refractivity contribution < 1.29 is 14.4 Å². The largest absolute Gasteiger partial charge is 0.322 e. The summed E-state index contributed by atoms with van der Waals surface area (Å²) in [6.45, 7) is 9.08. The smallest absolute Gasteiger partial charge is 0.255 e. The maximum Gasteiger partial charge on any atom is 0.255 e. The summed E-state index contributed by atoms with van der Waals surface area (Å²) in [4.78, 5) is 43.6. The Morgan fingerprint density at radius 1 is 0.938 bits per heavy atom. The number of hydrogen-bond acceptors (Lipinski definition) is 6. The van der Waals surface area contributed by atoms with Crippen LogP contribution in [0.4, 0.5) is 0 Å². The fraction of sp³-hybridized carbons (Fsp3) is 0.625. The number of hydrogen-bond donors (Lipinski definition) is 2. The molecular weight excluding hydrogens is 406 g/mol. The Kier molecular flexibility index (Phi) is 6.26. The zero-order valence-corrected chi connectivity index (χ0v) is 18.6. The van der Waals surface area contributed by atoms with Crippen LogP contribution in [0, 0.1) is 5.92 Å². The molecule has 3 fully saturated rings. The minimum Gasteiger partial charge on any atom is -0.322 e. The molecule has 0 radical (unpaired) electrons. The molecule has 4 aliphatic rings. The normalized spacial score (nSPS) is 25.8. The first-order valence-corrected chi connectivity index (χ1v) is 12.0. The molecule has 0 saturated carbocycles. The van der Waals surface area contributed by atoms with Crippen molar-refractivity contribution in [2.75, 3.05) is 45.8 Å². The highest BCUT2D eigenvalue weighted by molar-refractivity contribution is 6.05. The summed E-state index contributed by atoms with van der Waals surface area (Å²) in [5.74, 6) is 0.122. The number of imide groups is 1. The van der Waals surface area contributed by atoms with Crippen LogP contribution in [0.1, 0.15) is 47.2 Å². The van der Waals surface area contributed by atoms with Gasteiger partial charge in [0.1, 0.15) is 6.04 Å². The zero-order valence-electron chi connectivity index (χ0n) is 18.6. The highest BCUT2D eigenvalue weighted by atomic mass is 16.2. The molecule has 1 aromatic rings. The molecule has 3 amide bonds. The molecule has 4 aliphatic heterocycles. The van der Waals surface area contributed by atoms with Crippen LogP contribution in [0.2, 0.25) is 0 Å². The van der Waals surface area contributed by atoms with Crippen LogP contribution in [-0.4, -0.2) is 84.3 Å². The summed E-state index contributed by atoms with van der Waals surface area (Å²) in [6, 6.07) is 5.37. The fourth-order valence-electron chi connectivity index (χ4n) is 5.60. The van der Waals surface area contributed by atoms with Gasteiger partial charge in [0.05, 0.1) is 0 Å². The third-order valence-corrected chi connectivity index (χ3v) is 7.51. The summed E-state index contributed by atoms with van der Waals surface area (Å²) >= 11 is 0. The fourth-order valence-corrected chi connectivity index (χ4v) is 5.60. The van der Waals surface area contributed by atoms with Crippen molar-refractivity contribution in [2.45, 2.75) is 44.8 Å². The molecule has 1 aromatic carbocycles. The van der Waals surface area contributed by atoms with E-state index in [0.717, 1.165) is 57.3 Å². The van der Waals surface area contributed by atoms with E-state index in [-0.39, 0.29) is 24.1 Å². The van der Waals surface area contributed by atoms with Crippen LogP contribution in [0.5, 0.6) is 0 Å². The molecule has 8 nitrogen and oxygen atoms in total. The van der Waals surface area contributed by atoms with Gasteiger partial charge < -0.3 is 15.1 Å². The minimum absolute atomic E-state index is 0.0943. The summed E-state index contributed by atoms with van der Waals surface area (Å²) < 4.78 is 0. The molecule has 5 rings (SSSR count). The van der Waals surface area contributed by atoms with Crippen molar-refractivity contribution >= 4 is 17.7 Å². The lowest BCUT2D eigenvalue weighted by atomic mass is 9.97. The number of benzene rings is 1. The van der Waals surface area contributed by atoms with Crippen LogP contribution in [0.25, 0.3) is 0 Å². The highest BCUT2D eigenvalue weighted by Crippen LogP contribution is 2.30. The molecule has 172 valence electrons. The molecular formula is C24H33N5O3. The van der Waals surface area contributed by atoms with Crippen LogP contribution < -0.4 is 10.6 Å². The molecule has 2 N–H and O–H groups in total. The standard InChI is InChI=1S/C24H33N5O3/c30-22-5-4-21(23(31)26-22)29-16-20-18(2-1-3-19(20)24(29)32)15-28-12-10-27(11-13-28)14-17-6-8-25-9-7-17/h1-3,17,21,25H,4-16H2,(H,26,30,31). The highest BCUT2D eigenvalue weighted by Gasteiger charge is 2.39. The van der Waals surface area contributed by atoms with E-state index in [4.69, 9.17) is 0 Å². The van der Waals surface area contributed by atoms with Gasteiger partial charge in [-0.2, -0.15) is 0 Å². The Morgan fingerprint density at radius 3 is 2.44 bits per heavy atom. The number of amides is 3. The van der Waals surface area contributed by atoms with Gasteiger partial charge in [-0.05, 0) is 55.5 Å². The van der Waals surface area contributed by atoms with Gasteiger partial charge in [0.15, 0.2) is 0 Å². The molecule has 0 aliphatic carbocycles. The van der Waals surface area contributed by atoms with E-state index in [0.29, 0.717) is 18.5 Å². The summed E-state index contributed by atoms with van der Waals surface area (Å²) in [5, 5.41) is 5.83. The Bertz CT molecular complexity index is 890. The minimum atomic E-state index is -0.556. The van der Waals surface area contributed by atoms with Gasteiger partial charge in [0.25, 0.3) is 5.91 Å². The number of carbonyl (C=O) groups is 3. The van der Waals surface area contributed by atoms with E-state index in [1.807, 2.05) is 12.1 Å². The number of nitrogens with one attached hydrogen (secondary N) is 2. The number of piperidine rings is 2. The predicted octanol–water partition coefficient (Wildman–Crippen LogP) is 0.565. The maximum absolute atomic E-state index is 13.0. The average molecular weight is 440 g/mol. The topological polar surface area (TPSA) is 85.0 Å². The zero-order chi connectivity index (χ0) is 22.1. The Hall–Kier alpha value is -2.29. The Balaban J connectivity index is 1.20. The van der Waals surface area contributed by atoms with E-state index >= 15 is 0 Å². The van der Waals surface area contributed by atoms with Crippen LogP contribution in [0.3, 0.4) is 0 Å². The lowest BCUT2D eigenvalue weighted by molar-refractivity contribution is -0.136. The van der Waals surface area contributed by atoms with Crippen LogP contribution >= 0.6 is 0 Å². The second-order valence-corrected chi connectivity index (χ2v) is 9.61. The van der Waals surface area contributed by atoms with E-state index < -0.39 is 6.04 Å². The average Bonchev–Trinajstić information content (AvgIpc) is 3.13. The molecule has 0 aromatic heterocycles. The molecule has 3 saturated heterocycles. The van der Waals surface area contributed by atoms with Crippen molar-refractivity contribution in [3.63, 3.8) is 0 Å². The Morgan fingerprint density at radius 2 is 1.69 bits per heavy atom. The number of nitrogens with zero attached hydrogens (tertiary/aromatic N) is 3. The van der Waals surface area contributed by atoms with Crippen LogP contribution in [-0.2, 0) is 22.7 Å². The van der Waals surface area contributed by atoms with Gasteiger partial charge in [-0.1, -0.05) is 12.1 Å². The van der Waals surface area contributed by atoms with Crippen molar-refractivity contribution in [3.8, 4) is 0 Å². The molecule has 1 atom stereocenters. The van der Waals surface area contributed by atoms with Gasteiger partial charge in [-0.25, -0.2) is 0 Å². The Labute approximate surface area is 189 Å². The first kappa shape index (κ1) is 21.6. The number of carbonyl (C=O) groups excluding carboxylic acids is 3. The lowest BCUT2D eigenvalue weighted by Crippen LogP contribution is -2.52. The SMILES string of the molecule is O=C1CCC(N2Cc3c(CN4CCN(CC5CCNCC5)CC4)cccc3C2=O)C(=O)N1. The molecule has 0 spiro atoms. The quantitative estimate of drug-likeness (QED) is 0.653. The third-order valence-electron chi connectivity index (χ3n) is 7.51. The van der Waals surface area contributed by atoms with E-state index in [9.17, 15) is 14.4 Å². The predicted molar refractivity (Wildman–Crippen MR) is 120 cm³/mol. The van der Waals surface area contributed by atoms with Gasteiger partial charge in [-0.15, -0.1) is 0 Å². The van der Waals surface area contributed by atoms with E-state index in [1.54, 1.807) is 4.90 Å². The number of rotatable bonds is 5. The summed E-state index contributed by atoms with van der Waals surface area (Å²) in [7, 11) is 0. The van der Waals surface area contributed by atoms with Gasteiger partial charge in [-0.3, -0.25) is 24.6 Å². The van der Waals surface area contributed by atoms with Gasteiger partial charge >= 0.3 is 0 Å². The van der Waals surface area contributed by atoms with E-state index in [2.05, 4.69) is 26.5 Å². The molecule has 8 heteroatoms. The van der Waals surface area contributed by atoms with Gasteiger partial charge in [0.2, 0.25) is 11.8 Å². The second kappa shape index (κ2) is 9.29. The molecule has 0 bridgehead atoms. The summed E-state index contributed by atoms with van der Waals surface area (Å²) in [5.41, 5.74) is 2.92. The van der Waals surface area contributed by atoms with Crippen molar-refractivity contribution in [3.05, 3.63) is 34.9 Å². The van der Waals surface area contributed by atoms with Crippen LogP contribution in [0.15, 0.2) is 18.2 Å². The molecule has 32 heavy (non-hydrogen) atoms. The van der Waals surface area contributed by atoms with E-state index in [1.165, 1.54) is 24.9 Å². The molecule has 1 unspecified atom stereocenters.